The Morgan fingerprint density at radius 3 is 2.88 bits per heavy atom. The average Bonchev–Trinajstić information content (AvgIpc) is 2.41. The first-order valence-corrected chi connectivity index (χ1v) is 8.81. The average molecular weight is 365 g/mol. The van der Waals surface area contributed by atoms with Crippen molar-refractivity contribution >= 4 is 30.9 Å². The Morgan fingerprint density at radius 1 is 1.41 bits per heavy atom. The maximum absolute atomic E-state index is 7.87. The van der Waals surface area contributed by atoms with Gasteiger partial charge in [-0.3, -0.25) is 0 Å². The van der Waals surface area contributed by atoms with E-state index < -0.39 is 11.2 Å². The maximum atomic E-state index is 7.87. The molecule has 1 atom stereocenters. The predicted molar refractivity (Wildman–Crippen MR) is 77.0 cm³/mol. The Labute approximate surface area is 123 Å². The third-order valence-electron chi connectivity index (χ3n) is 2.94. The Bertz CT molecular complexity index is 427. The van der Waals surface area contributed by atoms with Gasteiger partial charge in [-0.1, -0.05) is 0 Å². The summed E-state index contributed by atoms with van der Waals surface area (Å²) in [5, 5.41) is 1.09. The first-order chi connectivity index (χ1) is 9.43. The molecule has 0 saturated carbocycles. The van der Waals surface area contributed by atoms with Crippen LogP contribution in [0.4, 0.5) is 0 Å². The molecule has 1 aromatic rings. The van der Waals surface area contributed by atoms with Gasteiger partial charge in [-0.2, -0.15) is 0 Å². The standard InChI is InChI=1S/C14H19BrOSe/c1-14(8-2-3-11-17-14)9-10-16-13-6-4-12(15)5-7-13/h4-7H,2-3,8-11H2,1H3/i1D3. The second kappa shape index (κ2) is 6.26. The van der Waals surface area contributed by atoms with Gasteiger partial charge in [0.2, 0.25) is 0 Å². The van der Waals surface area contributed by atoms with Gasteiger partial charge in [0.15, 0.2) is 0 Å². The van der Waals surface area contributed by atoms with E-state index in [2.05, 4.69) is 15.9 Å². The fraction of sp³-hybridized carbons (Fsp3) is 0.571. The molecule has 1 aliphatic rings. The molecule has 0 amide bonds. The molecule has 1 aliphatic heterocycles. The molecule has 1 nitrogen and oxygen atoms in total. The zero-order valence-corrected chi connectivity index (χ0v) is 13.0. The van der Waals surface area contributed by atoms with Gasteiger partial charge in [0, 0.05) is 0 Å². The second-order valence-electron chi connectivity index (χ2n) is 4.35. The molecule has 0 aromatic heterocycles. The molecule has 1 aromatic carbocycles. The number of halogens is 1. The van der Waals surface area contributed by atoms with Crippen LogP contribution in [0.15, 0.2) is 28.7 Å². The van der Waals surface area contributed by atoms with Gasteiger partial charge in [-0.25, -0.2) is 0 Å². The molecule has 94 valence electrons. The molecular weight excluding hydrogens is 343 g/mol. The summed E-state index contributed by atoms with van der Waals surface area (Å²) in [5.74, 6) is 0.803. The minimum absolute atomic E-state index is 0.194. The van der Waals surface area contributed by atoms with Gasteiger partial charge in [0.05, 0.1) is 0 Å². The summed E-state index contributed by atoms with van der Waals surface area (Å²) in [7, 11) is 0. The molecule has 1 fully saturated rings. The van der Waals surface area contributed by atoms with Crippen molar-refractivity contribution < 1.29 is 8.85 Å². The molecule has 1 saturated heterocycles. The first-order valence-electron chi connectivity index (χ1n) is 7.45. The zero-order valence-electron chi connectivity index (χ0n) is 12.7. The van der Waals surface area contributed by atoms with Gasteiger partial charge in [-0.15, -0.1) is 0 Å². The Balaban J connectivity index is 1.94. The number of benzene rings is 1. The SMILES string of the molecule is [2H]C([2H])([2H])C1(CCOc2ccc(Br)cc2)CCCC[Se]1. The van der Waals surface area contributed by atoms with Crippen molar-refractivity contribution in [1.82, 2.24) is 0 Å². The van der Waals surface area contributed by atoms with Crippen LogP contribution in [0.3, 0.4) is 0 Å². The van der Waals surface area contributed by atoms with Crippen molar-refractivity contribution in [3.8, 4) is 5.75 Å². The number of hydrogen-bond acceptors (Lipinski definition) is 1. The van der Waals surface area contributed by atoms with Crippen LogP contribution in [0, 0.1) is 0 Å². The van der Waals surface area contributed by atoms with E-state index in [0.717, 1.165) is 28.4 Å². The van der Waals surface area contributed by atoms with Crippen molar-refractivity contribution in [3.63, 3.8) is 0 Å². The predicted octanol–water partition coefficient (Wildman–Crippen LogP) is 4.70. The summed E-state index contributed by atoms with van der Waals surface area (Å²) >= 11 is 3.58. The van der Waals surface area contributed by atoms with Crippen LogP contribution < -0.4 is 4.74 Å². The van der Waals surface area contributed by atoms with Crippen LogP contribution in [-0.2, 0) is 0 Å². The Kier molecular flexibility index (Phi) is 3.64. The molecule has 1 heterocycles. The summed E-state index contributed by atoms with van der Waals surface area (Å²) in [6.45, 7) is -1.36. The third kappa shape index (κ3) is 4.31. The van der Waals surface area contributed by atoms with Crippen LogP contribution in [0.5, 0.6) is 5.75 Å². The van der Waals surface area contributed by atoms with E-state index in [1.165, 1.54) is 6.42 Å². The van der Waals surface area contributed by atoms with Crippen LogP contribution >= 0.6 is 15.9 Å². The zero-order chi connectivity index (χ0) is 14.6. The Morgan fingerprint density at radius 2 is 2.24 bits per heavy atom. The number of hydrogen-bond donors (Lipinski definition) is 0. The van der Waals surface area contributed by atoms with E-state index >= 15 is 0 Å². The van der Waals surface area contributed by atoms with Crippen LogP contribution in [0.1, 0.15) is 36.6 Å². The fourth-order valence-electron chi connectivity index (χ4n) is 1.91. The van der Waals surface area contributed by atoms with E-state index in [0.29, 0.717) is 13.0 Å². The van der Waals surface area contributed by atoms with Gasteiger partial charge < -0.3 is 0 Å². The molecule has 0 bridgehead atoms. The molecule has 0 radical (unpaired) electrons. The van der Waals surface area contributed by atoms with E-state index in [1.807, 2.05) is 24.3 Å². The summed E-state index contributed by atoms with van der Waals surface area (Å²) in [6, 6.07) is 7.66. The van der Waals surface area contributed by atoms with Gasteiger partial charge >= 0.3 is 123 Å². The normalized spacial score (nSPS) is 27.9. The van der Waals surface area contributed by atoms with Gasteiger partial charge in [0.25, 0.3) is 0 Å². The van der Waals surface area contributed by atoms with Crippen molar-refractivity contribution in [3.05, 3.63) is 28.7 Å². The molecule has 2 rings (SSSR count). The van der Waals surface area contributed by atoms with Crippen molar-refractivity contribution in [1.29, 1.82) is 0 Å². The molecule has 0 N–H and O–H groups in total. The van der Waals surface area contributed by atoms with Crippen molar-refractivity contribution in [2.45, 2.75) is 42.2 Å². The van der Waals surface area contributed by atoms with E-state index in [1.54, 1.807) is 0 Å². The fourth-order valence-corrected chi connectivity index (χ4v) is 4.81. The summed E-state index contributed by atoms with van der Waals surface area (Å²) in [6.07, 6.45) is 3.69. The van der Waals surface area contributed by atoms with Crippen LogP contribution in [0.2, 0.25) is 9.63 Å². The summed E-state index contributed by atoms with van der Waals surface area (Å²) in [4.78, 5) is 0. The van der Waals surface area contributed by atoms with Crippen LogP contribution in [-0.4, -0.2) is 21.6 Å². The van der Waals surface area contributed by atoms with E-state index in [9.17, 15) is 0 Å². The van der Waals surface area contributed by atoms with E-state index in [-0.39, 0.29) is 15.0 Å². The quantitative estimate of drug-likeness (QED) is 0.703. The number of ether oxygens (including phenoxy) is 1. The minimum atomic E-state index is -1.85. The van der Waals surface area contributed by atoms with Crippen LogP contribution in [0.25, 0.3) is 0 Å². The molecule has 17 heavy (non-hydrogen) atoms. The molecular formula is C14H19BrOSe. The summed E-state index contributed by atoms with van der Waals surface area (Å²) in [5.41, 5.74) is 0. The molecule has 0 aliphatic carbocycles. The van der Waals surface area contributed by atoms with Crippen molar-refractivity contribution in [2.24, 2.45) is 0 Å². The topological polar surface area (TPSA) is 9.23 Å². The third-order valence-corrected chi connectivity index (χ3v) is 6.52. The molecule has 3 heteroatoms. The van der Waals surface area contributed by atoms with Gasteiger partial charge in [0.1, 0.15) is 0 Å². The van der Waals surface area contributed by atoms with Gasteiger partial charge in [-0.05, 0) is 0 Å². The first kappa shape index (κ1) is 9.89. The monoisotopic (exact) mass is 365 g/mol. The molecule has 0 spiro atoms. The van der Waals surface area contributed by atoms with Crippen molar-refractivity contribution in [2.75, 3.05) is 6.61 Å². The Hall–Kier alpha value is 0.0195. The second-order valence-corrected chi connectivity index (χ2v) is 8.37. The summed E-state index contributed by atoms with van der Waals surface area (Å²) < 4.78 is 29.9. The molecule has 1 unspecified atom stereocenters. The van der Waals surface area contributed by atoms with E-state index in [4.69, 9.17) is 8.85 Å². The number of rotatable bonds is 4.